The maximum atomic E-state index is 13.3. The van der Waals surface area contributed by atoms with Crippen molar-refractivity contribution in [3.63, 3.8) is 0 Å². The molecule has 1 amide bonds. The van der Waals surface area contributed by atoms with Crippen molar-refractivity contribution in [2.24, 2.45) is 10.2 Å². The van der Waals surface area contributed by atoms with Gasteiger partial charge in [-0.05, 0) is 63.1 Å². The molecule has 1 fully saturated rings. The molecule has 0 radical (unpaired) electrons. The number of carbonyl (C=O) groups is 1. The van der Waals surface area contributed by atoms with Crippen LogP contribution in [0, 0.1) is 0 Å². The summed E-state index contributed by atoms with van der Waals surface area (Å²) in [5.41, 5.74) is 4.61. The summed E-state index contributed by atoms with van der Waals surface area (Å²) in [6.07, 6.45) is 5.22. The number of nitrogens with zero attached hydrogens (tertiary/aromatic N) is 3. The summed E-state index contributed by atoms with van der Waals surface area (Å²) in [4.78, 5) is 15.5. The maximum absolute atomic E-state index is 13.3. The van der Waals surface area contributed by atoms with E-state index in [0.717, 1.165) is 11.1 Å². The number of hydrogen-bond donors (Lipinski definition) is 0. The molecular weight excluding hydrogens is 466 g/mol. The molecule has 3 aromatic rings. The number of carbonyl (C=O) groups excluding carboxylic acids is 1. The quantitative estimate of drug-likeness (QED) is 0.209. The zero-order valence-corrected chi connectivity index (χ0v) is 22.6. The first-order chi connectivity index (χ1) is 17.0. The molecule has 1 aromatic heterocycles. The second kappa shape index (κ2) is 10.3. The van der Waals surface area contributed by atoms with Crippen LogP contribution in [0.5, 0.6) is 0 Å². The lowest BCUT2D eigenvalue weighted by Gasteiger charge is -2.18. The number of amides is 1. The smallest absolute Gasteiger partial charge is 0.267 e. The first kappa shape index (κ1) is 25.7. The molecular formula is C30H33N3O2S. The van der Waals surface area contributed by atoms with E-state index in [4.69, 9.17) is 4.42 Å². The van der Waals surface area contributed by atoms with Crippen molar-refractivity contribution >= 4 is 35.1 Å². The lowest BCUT2D eigenvalue weighted by atomic mass is 9.87. The fourth-order valence-corrected chi connectivity index (χ4v) is 4.66. The van der Waals surface area contributed by atoms with Crippen LogP contribution in [-0.2, 0) is 22.2 Å². The normalized spacial score (nSPS) is 17.2. The molecule has 1 aliphatic heterocycles. The summed E-state index contributed by atoms with van der Waals surface area (Å²) in [7, 11) is 0. The van der Waals surface area contributed by atoms with E-state index in [9.17, 15) is 4.79 Å². The fourth-order valence-electron chi connectivity index (χ4n) is 3.73. The Morgan fingerprint density at radius 2 is 1.44 bits per heavy atom. The molecule has 36 heavy (non-hydrogen) atoms. The van der Waals surface area contributed by atoms with E-state index in [1.54, 1.807) is 17.4 Å². The van der Waals surface area contributed by atoms with Gasteiger partial charge in [0.1, 0.15) is 5.76 Å². The second-order valence-electron chi connectivity index (χ2n) is 11.0. The Balaban J connectivity index is 1.58. The Morgan fingerprint density at radius 3 is 1.97 bits per heavy atom. The number of furan rings is 1. The van der Waals surface area contributed by atoms with Crippen LogP contribution < -0.4 is 0 Å². The van der Waals surface area contributed by atoms with E-state index in [2.05, 4.69) is 76.0 Å². The molecule has 0 aliphatic carbocycles. The molecule has 6 heteroatoms. The van der Waals surface area contributed by atoms with Crippen molar-refractivity contribution in [1.82, 2.24) is 4.90 Å². The highest BCUT2D eigenvalue weighted by Gasteiger charge is 2.34. The zero-order valence-electron chi connectivity index (χ0n) is 21.8. The molecule has 0 N–H and O–H groups in total. The van der Waals surface area contributed by atoms with E-state index < -0.39 is 0 Å². The Morgan fingerprint density at radius 1 is 0.861 bits per heavy atom. The van der Waals surface area contributed by atoms with Gasteiger partial charge in [-0.2, -0.15) is 5.10 Å². The molecule has 0 spiro atoms. The van der Waals surface area contributed by atoms with Crippen molar-refractivity contribution in [2.45, 2.75) is 58.9 Å². The van der Waals surface area contributed by atoms with Gasteiger partial charge in [-0.1, -0.05) is 90.1 Å². The Kier molecular flexibility index (Phi) is 7.36. The third-order valence-corrected chi connectivity index (χ3v) is 6.98. The van der Waals surface area contributed by atoms with Crippen LogP contribution in [0.25, 0.3) is 6.08 Å². The van der Waals surface area contributed by atoms with Gasteiger partial charge >= 0.3 is 0 Å². The first-order valence-corrected chi connectivity index (χ1v) is 12.9. The SMILES string of the molecule is CC(C)(C)c1ccc(/C=C2\S/C(=N\N=C\c3ccc(C(C)(C)C)cc3)N(Cc3ccco3)C2=O)cc1. The third-order valence-electron chi connectivity index (χ3n) is 5.98. The monoisotopic (exact) mass is 499 g/mol. The van der Waals surface area contributed by atoms with Gasteiger partial charge in [0.15, 0.2) is 5.17 Å². The average molecular weight is 500 g/mol. The fraction of sp³-hybridized carbons (Fsp3) is 0.300. The molecule has 4 rings (SSSR count). The average Bonchev–Trinajstić information content (AvgIpc) is 3.43. The van der Waals surface area contributed by atoms with Gasteiger partial charge < -0.3 is 4.42 Å². The highest BCUT2D eigenvalue weighted by molar-refractivity contribution is 8.18. The Bertz CT molecular complexity index is 1290. The van der Waals surface area contributed by atoms with E-state index >= 15 is 0 Å². The minimum absolute atomic E-state index is 0.0777. The van der Waals surface area contributed by atoms with Crippen LogP contribution in [0.3, 0.4) is 0 Å². The van der Waals surface area contributed by atoms with Crippen molar-refractivity contribution in [2.75, 3.05) is 0 Å². The van der Waals surface area contributed by atoms with Gasteiger partial charge in [0.05, 0.1) is 23.9 Å². The molecule has 0 atom stereocenters. The maximum Gasteiger partial charge on any atom is 0.267 e. The standard InChI is InChI=1S/C30H33N3O2S/c1-29(2,3)23-13-9-21(10-14-23)18-26-27(34)33(20-25-8-7-17-35-25)28(36-26)32-31-19-22-11-15-24(16-12-22)30(4,5)6/h7-19H,20H2,1-6H3/b26-18-,31-19+,32-28-. The number of rotatable bonds is 5. The number of hydrogen-bond acceptors (Lipinski definition) is 5. The van der Waals surface area contributed by atoms with Gasteiger partial charge in [0.2, 0.25) is 0 Å². The van der Waals surface area contributed by atoms with Crippen LogP contribution in [0.1, 0.15) is 69.6 Å². The van der Waals surface area contributed by atoms with E-state index in [-0.39, 0.29) is 16.7 Å². The van der Waals surface area contributed by atoms with Gasteiger partial charge in [-0.25, -0.2) is 0 Å². The summed E-state index contributed by atoms with van der Waals surface area (Å²) in [6, 6.07) is 20.3. The van der Waals surface area contributed by atoms with Crippen molar-refractivity contribution in [3.8, 4) is 0 Å². The molecule has 1 saturated heterocycles. The molecule has 1 aliphatic rings. The summed E-state index contributed by atoms with van der Waals surface area (Å²) in [6.45, 7) is 13.4. The highest BCUT2D eigenvalue weighted by atomic mass is 32.2. The summed E-state index contributed by atoms with van der Waals surface area (Å²) < 4.78 is 5.49. The second-order valence-corrected chi connectivity index (χ2v) is 12.0. The van der Waals surface area contributed by atoms with Gasteiger partial charge in [-0.3, -0.25) is 9.69 Å². The summed E-state index contributed by atoms with van der Waals surface area (Å²) in [5, 5.41) is 9.24. The van der Waals surface area contributed by atoms with Gasteiger partial charge in [0, 0.05) is 0 Å². The topological polar surface area (TPSA) is 58.2 Å². The number of thioether (sulfide) groups is 1. The minimum atomic E-state index is -0.111. The third kappa shape index (κ3) is 6.24. The lowest BCUT2D eigenvalue weighted by Crippen LogP contribution is -2.28. The van der Waals surface area contributed by atoms with Gasteiger partial charge in [0.25, 0.3) is 5.91 Å². The molecule has 0 bridgehead atoms. The van der Waals surface area contributed by atoms with Crippen molar-refractivity contribution in [3.05, 3.63) is 99.8 Å². The Hall–Kier alpha value is -3.38. The van der Waals surface area contributed by atoms with Crippen LogP contribution in [-0.4, -0.2) is 22.2 Å². The number of benzene rings is 2. The predicted octanol–water partition coefficient (Wildman–Crippen LogP) is 7.38. The van der Waals surface area contributed by atoms with Crippen LogP contribution in [0.2, 0.25) is 0 Å². The molecule has 5 nitrogen and oxygen atoms in total. The van der Waals surface area contributed by atoms with Gasteiger partial charge in [-0.15, -0.1) is 5.10 Å². The molecule has 2 aromatic carbocycles. The highest BCUT2D eigenvalue weighted by Crippen LogP contribution is 2.34. The first-order valence-electron chi connectivity index (χ1n) is 12.1. The lowest BCUT2D eigenvalue weighted by molar-refractivity contribution is -0.122. The van der Waals surface area contributed by atoms with Crippen LogP contribution >= 0.6 is 11.8 Å². The van der Waals surface area contributed by atoms with Crippen molar-refractivity contribution in [1.29, 1.82) is 0 Å². The number of amidine groups is 1. The molecule has 2 heterocycles. The molecule has 186 valence electrons. The van der Waals surface area contributed by atoms with Crippen molar-refractivity contribution < 1.29 is 9.21 Å². The predicted molar refractivity (Wildman–Crippen MR) is 150 cm³/mol. The largest absolute Gasteiger partial charge is 0.467 e. The molecule has 0 saturated carbocycles. The van der Waals surface area contributed by atoms with E-state index in [0.29, 0.717) is 22.4 Å². The van der Waals surface area contributed by atoms with E-state index in [1.807, 2.05) is 42.5 Å². The zero-order chi connectivity index (χ0) is 25.9. The van der Waals surface area contributed by atoms with E-state index in [1.165, 1.54) is 22.9 Å². The summed E-state index contributed by atoms with van der Waals surface area (Å²) in [5.74, 6) is 0.578. The molecule has 0 unspecified atom stereocenters. The van der Waals surface area contributed by atoms with Crippen LogP contribution in [0.15, 0.2) is 86.5 Å². The minimum Gasteiger partial charge on any atom is -0.467 e. The van der Waals surface area contributed by atoms with Crippen LogP contribution in [0.4, 0.5) is 0 Å². The Labute approximate surface area is 218 Å². The summed E-state index contributed by atoms with van der Waals surface area (Å²) >= 11 is 1.33.